The normalized spacial score (nSPS) is 12.2. The Bertz CT molecular complexity index is 508. The summed E-state index contributed by atoms with van der Waals surface area (Å²) >= 11 is 5.89. The van der Waals surface area contributed by atoms with Crippen LogP contribution in [0.25, 0.3) is 0 Å². The highest BCUT2D eigenvalue weighted by Crippen LogP contribution is 2.23. The average molecular weight is 261 g/mol. The van der Waals surface area contributed by atoms with E-state index in [1.54, 1.807) is 6.20 Å². The number of halogens is 1. The van der Waals surface area contributed by atoms with Gasteiger partial charge >= 0.3 is 0 Å². The summed E-state index contributed by atoms with van der Waals surface area (Å²) in [7, 11) is 0. The van der Waals surface area contributed by atoms with Gasteiger partial charge in [-0.1, -0.05) is 48.4 Å². The molecule has 18 heavy (non-hydrogen) atoms. The molecule has 94 valence electrons. The van der Waals surface area contributed by atoms with Crippen molar-refractivity contribution in [3.63, 3.8) is 0 Å². The summed E-state index contributed by atoms with van der Waals surface area (Å²) in [6.45, 7) is 4.27. The smallest absolute Gasteiger partial charge is 0.131 e. The van der Waals surface area contributed by atoms with Crippen molar-refractivity contribution in [1.29, 1.82) is 0 Å². The highest BCUT2D eigenvalue weighted by molar-refractivity contribution is 6.29. The number of rotatable bonds is 4. The number of pyridine rings is 1. The molecule has 0 amide bonds. The van der Waals surface area contributed by atoms with E-state index < -0.39 is 0 Å². The van der Waals surface area contributed by atoms with Gasteiger partial charge in [0.25, 0.3) is 0 Å². The third kappa shape index (κ3) is 3.23. The van der Waals surface area contributed by atoms with Gasteiger partial charge in [-0.15, -0.1) is 0 Å². The molecule has 0 aliphatic heterocycles. The van der Waals surface area contributed by atoms with E-state index in [0.29, 0.717) is 11.2 Å². The molecule has 1 aromatic carbocycles. The maximum Gasteiger partial charge on any atom is 0.131 e. The topological polar surface area (TPSA) is 24.9 Å². The van der Waals surface area contributed by atoms with Gasteiger partial charge in [0.2, 0.25) is 0 Å². The summed E-state index contributed by atoms with van der Waals surface area (Å²) in [4.78, 5) is 3.98. The third-order valence-electron chi connectivity index (χ3n) is 2.96. The van der Waals surface area contributed by atoms with Crippen LogP contribution in [0.3, 0.4) is 0 Å². The molecule has 1 N–H and O–H groups in total. The van der Waals surface area contributed by atoms with Crippen molar-refractivity contribution in [3.8, 4) is 0 Å². The van der Waals surface area contributed by atoms with Crippen LogP contribution in [0, 0.1) is 6.92 Å². The van der Waals surface area contributed by atoms with Gasteiger partial charge in [-0.3, -0.25) is 0 Å². The Labute approximate surface area is 113 Å². The summed E-state index contributed by atoms with van der Waals surface area (Å²) in [5, 5.41) is 3.99. The fourth-order valence-corrected chi connectivity index (χ4v) is 2.09. The Morgan fingerprint density at radius 2 is 1.94 bits per heavy atom. The number of hydrogen-bond acceptors (Lipinski definition) is 2. The van der Waals surface area contributed by atoms with Crippen LogP contribution >= 0.6 is 11.6 Å². The van der Waals surface area contributed by atoms with E-state index in [9.17, 15) is 0 Å². The zero-order valence-electron chi connectivity index (χ0n) is 10.7. The van der Waals surface area contributed by atoms with Crippen molar-refractivity contribution in [1.82, 2.24) is 4.98 Å². The van der Waals surface area contributed by atoms with E-state index in [1.807, 2.05) is 12.1 Å². The van der Waals surface area contributed by atoms with Crippen LogP contribution in [0.1, 0.15) is 30.5 Å². The van der Waals surface area contributed by atoms with Gasteiger partial charge < -0.3 is 5.32 Å². The molecule has 2 nitrogen and oxygen atoms in total. The molecular weight excluding hydrogens is 244 g/mol. The number of hydrogen-bond donors (Lipinski definition) is 1. The number of aryl methyl sites for hydroxylation is 1. The zero-order chi connectivity index (χ0) is 13.0. The maximum absolute atomic E-state index is 5.89. The molecular formula is C15H17ClN2. The van der Waals surface area contributed by atoms with Crippen LogP contribution in [0.15, 0.2) is 42.6 Å². The van der Waals surface area contributed by atoms with Gasteiger partial charge in [-0.25, -0.2) is 4.98 Å². The predicted octanol–water partition coefficient (Wildman–Crippen LogP) is 4.61. The van der Waals surface area contributed by atoms with E-state index in [4.69, 9.17) is 11.6 Å². The van der Waals surface area contributed by atoms with Crippen molar-refractivity contribution in [2.75, 3.05) is 5.32 Å². The van der Waals surface area contributed by atoms with Crippen LogP contribution in [-0.4, -0.2) is 4.98 Å². The first-order chi connectivity index (χ1) is 8.69. The van der Waals surface area contributed by atoms with E-state index in [1.165, 1.54) is 11.1 Å². The lowest BCUT2D eigenvalue weighted by Gasteiger charge is -2.19. The largest absolute Gasteiger partial charge is 0.378 e. The zero-order valence-corrected chi connectivity index (χ0v) is 11.4. The Kier molecular flexibility index (Phi) is 4.21. The second-order valence-electron chi connectivity index (χ2n) is 4.38. The van der Waals surface area contributed by atoms with Crippen LogP contribution in [0.5, 0.6) is 0 Å². The molecule has 0 aliphatic rings. The van der Waals surface area contributed by atoms with Crippen LogP contribution in [-0.2, 0) is 0 Å². The van der Waals surface area contributed by atoms with E-state index >= 15 is 0 Å². The van der Waals surface area contributed by atoms with Crippen LogP contribution in [0.4, 0.5) is 5.69 Å². The second kappa shape index (κ2) is 5.87. The van der Waals surface area contributed by atoms with Crippen molar-refractivity contribution in [2.45, 2.75) is 26.3 Å². The Morgan fingerprint density at radius 3 is 2.56 bits per heavy atom. The molecule has 0 bridgehead atoms. The number of nitrogens with zero attached hydrogens (tertiary/aromatic N) is 1. The highest BCUT2D eigenvalue weighted by Gasteiger charge is 2.08. The van der Waals surface area contributed by atoms with Crippen LogP contribution < -0.4 is 5.32 Å². The molecule has 0 aliphatic carbocycles. The minimum absolute atomic E-state index is 0.295. The first-order valence-corrected chi connectivity index (χ1v) is 6.51. The average Bonchev–Trinajstić information content (AvgIpc) is 2.37. The first-order valence-electron chi connectivity index (χ1n) is 6.13. The summed E-state index contributed by atoms with van der Waals surface area (Å²) in [5.41, 5.74) is 3.57. The fourth-order valence-electron chi connectivity index (χ4n) is 1.91. The first kappa shape index (κ1) is 12.9. The summed E-state index contributed by atoms with van der Waals surface area (Å²) < 4.78 is 0. The monoisotopic (exact) mass is 260 g/mol. The van der Waals surface area contributed by atoms with E-state index in [0.717, 1.165) is 12.1 Å². The lowest BCUT2D eigenvalue weighted by Crippen LogP contribution is -2.09. The third-order valence-corrected chi connectivity index (χ3v) is 3.16. The molecule has 0 fully saturated rings. The lowest BCUT2D eigenvalue weighted by atomic mass is 10.0. The molecule has 0 saturated carbocycles. The summed E-state index contributed by atoms with van der Waals surface area (Å²) in [6.07, 6.45) is 2.73. The Morgan fingerprint density at radius 1 is 1.22 bits per heavy atom. The molecule has 1 aromatic heterocycles. The SMILES string of the molecule is CCC(Nc1ccnc(Cl)c1)c1ccc(C)cc1. The van der Waals surface area contributed by atoms with E-state index in [2.05, 4.69) is 48.4 Å². The van der Waals surface area contributed by atoms with Crippen molar-refractivity contribution in [3.05, 3.63) is 58.9 Å². The van der Waals surface area contributed by atoms with Gasteiger partial charge in [-0.2, -0.15) is 0 Å². The Balaban J connectivity index is 2.17. The van der Waals surface area contributed by atoms with Crippen molar-refractivity contribution >= 4 is 17.3 Å². The second-order valence-corrected chi connectivity index (χ2v) is 4.77. The summed E-state index contributed by atoms with van der Waals surface area (Å²) in [6, 6.07) is 12.7. The number of aromatic nitrogens is 1. The molecule has 1 heterocycles. The summed E-state index contributed by atoms with van der Waals surface area (Å²) in [5.74, 6) is 0. The molecule has 2 aromatic rings. The van der Waals surface area contributed by atoms with Gasteiger partial charge in [0.15, 0.2) is 0 Å². The molecule has 1 atom stereocenters. The molecule has 2 rings (SSSR count). The molecule has 1 unspecified atom stereocenters. The quantitative estimate of drug-likeness (QED) is 0.813. The van der Waals surface area contributed by atoms with Gasteiger partial charge in [0, 0.05) is 11.9 Å². The number of anilines is 1. The van der Waals surface area contributed by atoms with Gasteiger partial charge in [-0.05, 0) is 31.0 Å². The predicted molar refractivity (Wildman–Crippen MR) is 77.1 cm³/mol. The molecule has 0 spiro atoms. The molecule has 0 radical (unpaired) electrons. The molecule has 0 saturated heterocycles. The molecule has 3 heteroatoms. The van der Waals surface area contributed by atoms with Crippen LogP contribution in [0.2, 0.25) is 5.15 Å². The minimum Gasteiger partial charge on any atom is -0.378 e. The lowest BCUT2D eigenvalue weighted by molar-refractivity contribution is 0.749. The minimum atomic E-state index is 0.295. The van der Waals surface area contributed by atoms with E-state index in [-0.39, 0.29) is 0 Å². The standard InChI is InChI=1S/C15H17ClN2/c1-3-14(12-6-4-11(2)5-7-12)18-13-8-9-17-15(16)10-13/h4-10,14H,3H2,1-2H3,(H,17,18). The number of benzene rings is 1. The van der Waals surface area contributed by atoms with Gasteiger partial charge in [0.05, 0.1) is 6.04 Å². The highest BCUT2D eigenvalue weighted by atomic mass is 35.5. The van der Waals surface area contributed by atoms with Crippen molar-refractivity contribution < 1.29 is 0 Å². The fraction of sp³-hybridized carbons (Fsp3) is 0.267. The maximum atomic E-state index is 5.89. The van der Waals surface area contributed by atoms with Gasteiger partial charge in [0.1, 0.15) is 5.15 Å². The number of nitrogens with one attached hydrogen (secondary N) is 1. The van der Waals surface area contributed by atoms with Crippen molar-refractivity contribution in [2.24, 2.45) is 0 Å². The Hall–Kier alpha value is -1.54.